The third kappa shape index (κ3) is 4.92. The van der Waals surface area contributed by atoms with Gasteiger partial charge in [0.05, 0.1) is 11.6 Å². The van der Waals surface area contributed by atoms with Crippen LogP contribution in [0.2, 0.25) is 0 Å². The number of rotatable bonds is 7. The molecule has 24 heavy (non-hydrogen) atoms. The van der Waals surface area contributed by atoms with Gasteiger partial charge in [0.2, 0.25) is 0 Å². The summed E-state index contributed by atoms with van der Waals surface area (Å²) in [5, 5.41) is 12.4. The zero-order chi connectivity index (χ0) is 16.6. The molecule has 0 unspecified atom stereocenters. The van der Waals surface area contributed by atoms with E-state index in [2.05, 4.69) is 46.6 Å². The quantitative estimate of drug-likeness (QED) is 0.852. The summed E-state index contributed by atoms with van der Waals surface area (Å²) in [5.74, 6) is 0.749. The highest BCUT2D eigenvalue weighted by atomic mass is 15.1. The van der Waals surface area contributed by atoms with E-state index >= 15 is 0 Å². The number of nitrogens with zero attached hydrogens (tertiary/aromatic N) is 2. The van der Waals surface area contributed by atoms with E-state index in [9.17, 15) is 0 Å². The third-order valence-corrected chi connectivity index (χ3v) is 4.77. The first kappa shape index (κ1) is 16.7. The average Bonchev–Trinajstić information content (AvgIpc) is 3.09. The fraction of sp³-hybridized carbons (Fsp3) is 0.381. The van der Waals surface area contributed by atoms with Crippen molar-refractivity contribution in [2.45, 2.75) is 19.4 Å². The van der Waals surface area contributed by atoms with Crippen LogP contribution in [-0.2, 0) is 13.0 Å². The summed E-state index contributed by atoms with van der Waals surface area (Å²) < 4.78 is 0. The number of hydrogen-bond acceptors (Lipinski definition) is 3. The van der Waals surface area contributed by atoms with Gasteiger partial charge in [0.25, 0.3) is 0 Å². The van der Waals surface area contributed by atoms with Crippen molar-refractivity contribution in [2.24, 2.45) is 5.92 Å². The minimum absolute atomic E-state index is 0.726. The summed E-state index contributed by atoms with van der Waals surface area (Å²) in [6, 6.07) is 20.7. The van der Waals surface area contributed by atoms with Crippen LogP contribution in [0.1, 0.15) is 23.1 Å². The van der Waals surface area contributed by atoms with E-state index < -0.39 is 0 Å². The Labute approximate surface area is 144 Å². The summed E-state index contributed by atoms with van der Waals surface area (Å²) in [4.78, 5) is 2.58. The van der Waals surface area contributed by atoms with Crippen LogP contribution in [-0.4, -0.2) is 31.1 Å². The molecule has 1 N–H and O–H groups in total. The van der Waals surface area contributed by atoms with E-state index in [1.807, 2.05) is 24.3 Å². The van der Waals surface area contributed by atoms with Crippen molar-refractivity contribution in [1.82, 2.24) is 10.2 Å². The molecule has 0 aliphatic carbocycles. The SMILES string of the molecule is N#Cc1ccc(CNC[C@H]2CCN(CCc3ccccc3)C2)cc1. The Bertz CT molecular complexity index is 658. The van der Waals surface area contributed by atoms with Crippen molar-refractivity contribution >= 4 is 0 Å². The fourth-order valence-corrected chi connectivity index (χ4v) is 3.33. The van der Waals surface area contributed by atoms with E-state index in [1.54, 1.807) is 0 Å². The van der Waals surface area contributed by atoms with Gasteiger partial charge in [-0.15, -0.1) is 0 Å². The van der Waals surface area contributed by atoms with Crippen LogP contribution in [0.3, 0.4) is 0 Å². The standard InChI is InChI=1S/C21H25N3/c22-14-19-6-8-20(9-7-19)15-23-16-21-11-13-24(17-21)12-10-18-4-2-1-3-5-18/h1-9,21,23H,10-13,15-17H2/t21-/m1/s1. The molecule has 1 saturated heterocycles. The summed E-state index contributed by atoms with van der Waals surface area (Å²) in [6.45, 7) is 5.54. The number of nitrogens with one attached hydrogen (secondary N) is 1. The molecule has 0 radical (unpaired) electrons. The summed E-state index contributed by atoms with van der Waals surface area (Å²) in [5.41, 5.74) is 3.40. The molecule has 1 aliphatic heterocycles. The van der Waals surface area contributed by atoms with E-state index in [4.69, 9.17) is 5.26 Å². The van der Waals surface area contributed by atoms with Crippen LogP contribution in [0.15, 0.2) is 54.6 Å². The van der Waals surface area contributed by atoms with Crippen LogP contribution in [0, 0.1) is 17.2 Å². The maximum Gasteiger partial charge on any atom is 0.0991 e. The molecular formula is C21H25N3. The molecule has 0 saturated carbocycles. The Morgan fingerprint density at radius 2 is 1.83 bits per heavy atom. The third-order valence-electron chi connectivity index (χ3n) is 4.77. The molecule has 0 aromatic heterocycles. The normalized spacial score (nSPS) is 17.7. The summed E-state index contributed by atoms with van der Waals surface area (Å²) in [7, 11) is 0. The second-order valence-corrected chi connectivity index (χ2v) is 6.63. The highest BCUT2D eigenvalue weighted by Crippen LogP contribution is 2.16. The van der Waals surface area contributed by atoms with Gasteiger partial charge in [-0.1, -0.05) is 42.5 Å². The van der Waals surface area contributed by atoms with Gasteiger partial charge in [0.1, 0.15) is 0 Å². The molecule has 3 rings (SSSR count). The molecule has 3 nitrogen and oxygen atoms in total. The van der Waals surface area contributed by atoms with Crippen molar-refractivity contribution in [3.05, 3.63) is 71.3 Å². The average molecular weight is 319 g/mol. The Morgan fingerprint density at radius 1 is 1.04 bits per heavy atom. The molecule has 1 aliphatic rings. The molecule has 1 atom stereocenters. The van der Waals surface area contributed by atoms with Crippen LogP contribution >= 0.6 is 0 Å². The van der Waals surface area contributed by atoms with E-state index in [1.165, 1.54) is 30.6 Å². The topological polar surface area (TPSA) is 39.1 Å². The summed E-state index contributed by atoms with van der Waals surface area (Å²) >= 11 is 0. The second-order valence-electron chi connectivity index (χ2n) is 6.63. The van der Waals surface area contributed by atoms with Crippen LogP contribution in [0.25, 0.3) is 0 Å². The smallest absolute Gasteiger partial charge is 0.0991 e. The Kier molecular flexibility index (Phi) is 6.01. The molecule has 124 valence electrons. The lowest BCUT2D eigenvalue weighted by Gasteiger charge is -2.16. The summed E-state index contributed by atoms with van der Waals surface area (Å²) in [6.07, 6.45) is 2.43. The first-order valence-corrected chi connectivity index (χ1v) is 8.79. The number of likely N-dealkylation sites (tertiary alicyclic amines) is 1. The lowest BCUT2D eigenvalue weighted by Crippen LogP contribution is -2.27. The minimum Gasteiger partial charge on any atom is -0.312 e. The van der Waals surface area contributed by atoms with Crippen LogP contribution in [0.5, 0.6) is 0 Å². The van der Waals surface area contributed by atoms with Gasteiger partial charge in [-0.2, -0.15) is 5.26 Å². The van der Waals surface area contributed by atoms with Gasteiger partial charge >= 0.3 is 0 Å². The van der Waals surface area contributed by atoms with Crippen molar-refractivity contribution in [3.8, 4) is 6.07 Å². The lowest BCUT2D eigenvalue weighted by atomic mass is 10.1. The molecule has 2 aromatic carbocycles. The Balaban J connectivity index is 1.34. The van der Waals surface area contributed by atoms with Gasteiger partial charge in [-0.05, 0) is 55.1 Å². The van der Waals surface area contributed by atoms with Gasteiger partial charge < -0.3 is 10.2 Å². The molecule has 0 bridgehead atoms. The molecule has 1 heterocycles. The van der Waals surface area contributed by atoms with Crippen molar-refractivity contribution in [2.75, 3.05) is 26.2 Å². The second kappa shape index (κ2) is 8.63. The molecule has 0 spiro atoms. The van der Waals surface area contributed by atoms with Crippen molar-refractivity contribution in [3.63, 3.8) is 0 Å². The molecule has 1 fully saturated rings. The predicted octanol–water partition coefficient (Wildman–Crippen LogP) is 3.21. The van der Waals surface area contributed by atoms with Crippen molar-refractivity contribution < 1.29 is 0 Å². The first-order chi connectivity index (χ1) is 11.8. The highest BCUT2D eigenvalue weighted by molar-refractivity contribution is 5.31. The van der Waals surface area contributed by atoms with Crippen LogP contribution < -0.4 is 5.32 Å². The fourth-order valence-electron chi connectivity index (χ4n) is 3.33. The van der Waals surface area contributed by atoms with Crippen molar-refractivity contribution in [1.29, 1.82) is 5.26 Å². The largest absolute Gasteiger partial charge is 0.312 e. The monoisotopic (exact) mass is 319 g/mol. The van der Waals surface area contributed by atoms with Gasteiger partial charge in [-0.25, -0.2) is 0 Å². The number of benzene rings is 2. The Hall–Kier alpha value is -2.15. The van der Waals surface area contributed by atoms with E-state index in [-0.39, 0.29) is 0 Å². The van der Waals surface area contributed by atoms with Gasteiger partial charge in [0.15, 0.2) is 0 Å². The maximum atomic E-state index is 8.82. The minimum atomic E-state index is 0.726. The number of hydrogen-bond donors (Lipinski definition) is 1. The Morgan fingerprint density at radius 3 is 2.58 bits per heavy atom. The zero-order valence-corrected chi connectivity index (χ0v) is 14.1. The zero-order valence-electron chi connectivity index (χ0n) is 14.1. The lowest BCUT2D eigenvalue weighted by molar-refractivity contribution is 0.325. The molecule has 3 heteroatoms. The molecular weight excluding hydrogens is 294 g/mol. The van der Waals surface area contributed by atoms with E-state index in [0.717, 1.165) is 37.5 Å². The van der Waals surface area contributed by atoms with E-state index in [0.29, 0.717) is 0 Å². The van der Waals surface area contributed by atoms with Gasteiger partial charge in [0, 0.05) is 19.6 Å². The van der Waals surface area contributed by atoms with Gasteiger partial charge in [-0.3, -0.25) is 0 Å². The molecule has 2 aromatic rings. The predicted molar refractivity (Wildman–Crippen MR) is 97.6 cm³/mol. The maximum absolute atomic E-state index is 8.82. The number of nitriles is 1. The first-order valence-electron chi connectivity index (χ1n) is 8.79. The highest BCUT2D eigenvalue weighted by Gasteiger charge is 2.21. The molecule has 0 amide bonds. The van der Waals surface area contributed by atoms with Crippen LogP contribution in [0.4, 0.5) is 0 Å².